The molecule has 0 aromatic heterocycles. The molecular formula is C38H44N4O4S2. The summed E-state index contributed by atoms with van der Waals surface area (Å²) in [7, 11) is -6.94. The van der Waals surface area contributed by atoms with Gasteiger partial charge in [0.25, 0.3) is 0 Å². The van der Waals surface area contributed by atoms with Crippen molar-refractivity contribution in [2.75, 3.05) is 36.8 Å². The Kier molecular flexibility index (Phi) is 9.10. The lowest BCUT2D eigenvalue weighted by molar-refractivity contribution is 0.576. The van der Waals surface area contributed by atoms with E-state index in [2.05, 4.69) is 21.3 Å². The molecule has 8 rings (SSSR count). The molecule has 10 heteroatoms. The maximum atomic E-state index is 13.0. The van der Waals surface area contributed by atoms with Crippen molar-refractivity contribution in [2.45, 2.75) is 83.0 Å². The maximum absolute atomic E-state index is 13.0. The SMILES string of the molecule is Cc1ccc(S(=O)(=O)c2ccc3c(c2)[C@H]2CCNCC[C@@H]2N3)cc1.Cc1cccc(S(=O)(=O)c2ccc3c(c2)[C@H]2CCNCC[C@@H]2N3)c1. The number of nitrogens with one attached hydrogen (secondary N) is 4. The molecule has 0 aliphatic carbocycles. The average Bonchev–Trinajstić information content (AvgIpc) is 3.37. The molecule has 8 nitrogen and oxygen atoms in total. The highest BCUT2D eigenvalue weighted by atomic mass is 32.2. The van der Waals surface area contributed by atoms with Crippen LogP contribution in [0.15, 0.2) is 105 Å². The third kappa shape index (κ3) is 6.39. The molecule has 0 unspecified atom stereocenters. The molecule has 2 saturated heterocycles. The minimum Gasteiger partial charge on any atom is -0.381 e. The van der Waals surface area contributed by atoms with Gasteiger partial charge in [0.05, 0.1) is 19.6 Å². The Hall–Kier alpha value is -3.70. The van der Waals surface area contributed by atoms with E-state index in [1.54, 1.807) is 42.5 Å². The first-order chi connectivity index (χ1) is 23.1. The van der Waals surface area contributed by atoms with Crippen molar-refractivity contribution in [1.82, 2.24) is 10.6 Å². The lowest BCUT2D eigenvalue weighted by Gasteiger charge is -2.16. The number of anilines is 2. The predicted molar refractivity (Wildman–Crippen MR) is 191 cm³/mol. The fourth-order valence-electron chi connectivity index (χ4n) is 7.64. The Morgan fingerprint density at radius 1 is 0.500 bits per heavy atom. The van der Waals surface area contributed by atoms with E-state index in [4.69, 9.17) is 0 Å². The monoisotopic (exact) mass is 684 g/mol. The molecule has 0 radical (unpaired) electrons. The molecule has 0 bridgehead atoms. The van der Waals surface area contributed by atoms with E-state index < -0.39 is 19.7 Å². The van der Waals surface area contributed by atoms with Crippen molar-refractivity contribution in [3.8, 4) is 0 Å². The molecule has 0 saturated carbocycles. The molecule has 0 amide bonds. The van der Waals surface area contributed by atoms with E-state index in [0.29, 0.717) is 43.5 Å². The van der Waals surface area contributed by atoms with Gasteiger partial charge in [-0.05, 0) is 143 Å². The van der Waals surface area contributed by atoms with Crippen LogP contribution in [-0.4, -0.2) is 55.1 Å². The van der Waals surface area contributed by atoms with Gasteiger partial charge >= 0.3 is 0 Å². The van der Waals surface area contributed by atoms with Crippen molar-refractivity contribution >= 4 is 31.0 Å². The summed E-state index contributed by atoms with van der Waals surface area (Å²) in [6.45, 7) is 7.86. The molecule has 4 heterocycles. The second-order valence-corrected chi connectivity index (χ2v) is 17.4. The van der Waals surface area contributed by atoms with Gasteiger partial charge in [0.2, 0.25) is 19.7 Å². The Morgan fingerprint density at radius 2 is 0.958 bits per heavy atom. The Morgan fingerprint density at radius 3 is 1.48 bits per heavy atom. The van der Waals surface area contributed by atoms with E-state index in [1.807, 2.05) is 56.3 Å². The van der Waals surface area contributed by atoms with Gasteiger partial charge in [0.1, 0.15) is 0 Å². The van der Waals surface area contributed by atoms with E-state index in [-0.39, 0.29) is 0 Å². The van der Waals surface area contributed by atoms with Crippen molar-refractivity contribution in [2.24, 2.45) is 0 Å². The smallest absolute Gasteiger partial charge is 0.206 e. The summed E-state index contributed by atoms with van der Waals surface area (Å²) in [6, 6.07) is 26.1. The molecule has 2 fully saturated rings. The summed E-state index contributed by atoms with van der Waals surface area (Å²) in [6.07, 6.45) is 4.22. The first-order valence-electron chi connectivity index (χ1n) is 17.0. The van der Waals surface area contributed by atoms with Gasteiger partial charge in [0.15, 0.2) is 0 Å². The van der Waals surface area contributed by atoms with Crippen LogP contribution in [0.25, 0.3) is 0 Å². The van der Waals surface area contributed by atoms with Crippen molar-refractivity contribution in [3.05, 3.63) is 107 Å². The van der Waals surface area contributed by atoms with Crippen LogP contribution in [0.2, 0.25) is 0 Å². The fourth-order valence-corrected chi connectivity index (χ4v) is 10.3. The van der Waals surface area contributed by atoms with Crippen molar-refractivity contribution < 1.29 is 16.8 Å². The van der Waals surface area contributed by atoms with Crippen LogP contribution >= 0.6 is 0 Å². The molecule has 4 aliphatic rings. The van der Waals surface area contributed by atoms with E-state index >= 15 is 0 Å². The van der Waals surface area contributed by atoms with Crippen LogP contribution in [-0.2, 0) is 19.7 Å². The highest BCUT2D eigenvalue weighted by Crippen LogP contribution is 2.43. The quantitative estimate of drug-likeness (QED) is 0.202. The number of rotatable bonds is 4. The number of aryl methyl sites for hydroxylation is 2. The third-order valence-corrected chi connectivity index (χ3v) is 13.8. The lowest BCUT2D eigenvalue weighted by atomic mass is 9.91. The van der Waals surface area contributed by atoms with Crippen LogP contribution < -0.4 is 21.3 Å². The lowest BCUT2D eigenvalue weighted by Crippen LogP contribution is -2.21. The Labute approximate surface area is 284 Å². The van der Waals surface area contributed by atoms with Crippen molar-refractivity contribution in [3.63, 3.8) is 0 Å². The van der Waals surface area contributed by atoms with Gasteiger partial charge in [-0.15, -0.1) is 0 Å². The molecule has 48 heavy (non-hydrogen) atoms. The summed E-state index contributed by atoms with van der Waals surface area (Å²) in [5, 5.41) is 14.0. The molecule has 4 aromatic rings. The van der Waals surface area contributed by atoms with Gasteiger partial charge < -0.3 is 21.3 Å². The van der Waals surface area contributed by atoms with E-state index in [1.165, 1.54) is 0 Å². The average molecular weight is 685 g/mol. The summed E-state index contributed by atoms with van der Waals surface area (Å²) in [5.74, 6) is 0.783. The van der Waals surface area contributed by atoms with Gasteiger partial charge in [0, 0.05) is 35.3 Å². The molecule has 252 valence electrons. The molecule has 4 N–H and O–H groups in total. The van der Waals surface area contributed by atoms with Gasteiger partial charge in [-0.2, -0.15) is 0 Å². The highest BCUT2D eigenvalue weighted by molar-refractivity contribution is 7.91. The minimum absolute atomic E-state index is 0.359. The number of sulfone groups is 2. The van der Waals surface area contributed by atoms with Crippen molar-refractivity contribution in [1.29, 1.82) is 0 Å². The fraction of sp³-hybridized carbons (Fsp3) is 0.368. The summed E-state index contributed by atoms with van der Waals surface area (Å²) < 4.78 is 51.8. The summed E-state index contributed by atoms with van der Waals surface area (Å²) >= 11 is 0. The van der Waals surface area contributed by atoms with Crippen LogP contribution in [0.5, 0.6) is 0 Å². The van der Waals surface area contributed by atoms with Crippen LogP contribution in [0.4, 0.5) is 11.4 Å². The van der Waals surface area contributed by atoms with Crippen LogP contribution in [0.3, 0.4) is 0 Å². The molecule has 0 spiro atoms. The Balaban J connectivity index is 0.000000152. The third-order valence-electron chi connectivity index (χ3n) is 10.3. The summed E-state index contributed by atoms with van der Waals surface area (Å²) in [4.78, 5) is 1.52. The number of hydrogen-bond acceptors (Lipinski definition) is 8. The van der Waals surface area contributed by atoms with E-state index in [9.17, 15) is 16.8 Å². The Bertz CT molecular complexity index is 2030. The standard InChI is InChI=1S/2C19H22N2O2S/c1-13-2-4-14(5-3-13)24(22,23)15-6-7-18-17(12-15)16-8-10-20-11-9-19(16)21-18;1-13-3-2-4-14(11-13)24(22,23)15-5-6-18-17(12-15)16-7-9-20-10-8-19(16)21-18/h2-7,12,16,19-21H,8-11H2,1H3;2-6,11-12,16,19-21H,7-10H2,1H3/t2*16-,19+/m11/s1. The van der Waals surface area contributed by atoms with Gasteiger partial charge in [-0.1, -0.05) is 29.8 Å². The normalized spacial score (nSPS) is 23.0. The van der Waals surface area contributed by atoms with Gasteiger partial charge in [-0.3, -0.25) is 0 Å². The topological polar surface area (TPSA) is 116 Å². The zero-order valence-electron chi connectivity index (χ0n) is 27.5. The summed E-state index contributed by atoms with van der Waals surface area (Å²) in [5.41, 5.74) is 6.49. The first-order valence-corrected chi connectivity index (χ1v) is 19.9. The maximum Gasteiger partial charge on any atom is 0.206 e. The molecule has 4 aromatic carbocycles. The highest BCUT2D eigenvalue weighted by Gasteiger charge is 2.35. The second-order valence-electron chi connectivity index (χ2n) is 13.5. The molecule has 4 atom stereocenters. The van der Waals surface area contributed by atoms with Crippen LogP contribution in [0, 0.1) is 13.8 Å². The second kappa shape index (κ2) is 13.3. The van der Waals surface area contributed by atoms with Gasteiger partial charge in [-0.25, -0.2) is 16.8 Å². The number of fused-ring (bicyclic) bond motifs is 6. The minimum atomic E-state index is -3.47. The zero-order valence-corrected chi connectivity index (χ0v) is 29.1. The van der Waals surface area contributed by atoms with Crippen LogP contribution in [0.1, 0.15) is 59.8 Å². The number of hydrogen-bond donors (Lipinski definition) is 4. The molecule has 4 aliphatic heterocycles. The predicted octanol–water partition coefficient (Wildman–Crippen LogP) is 6.18. The van der Waals surface area contributed by atoms with E-state index in [0.717, 1.165) is 85.5 Å². The zero-order chi connectivity index (χ0) is 33.5. The first kappa shape index (κ1) is 32.8. The molecular weight excluding hydrogens is 641 g/mol. The number of benzene rings is 4. The largest absolute Gasteiger partial charge is 0.381 e.